The van der Waals surface area contributed by atoms with Gasteiger partial charge < -0.3 is 20.0 Å². The van der Waals surface area contributed by atoms with Gasteiger partial charge in [0.2, 0.25) is 5.91 Å². The van der Waals surface area contributed by atoms with E-state index in [0.29, 0.717) is 6.54 Å². The second-order valence-corrected chi connectivity index (χ2v) is 6.04. The molecule has 128 valence electrons. The maximum atomic E-state index is 12.2. The predicted octanol–water partition coefficient (Wildman–Crippen LogP) is 0.359. The van der Waals surface area contributed by atoms with Gasteiger partial charge in [-0.05, 0) is 24.6 Å². The lowest BCUT2D eigenvalue weighted by Crippen LogP contribution is -3.04. The molecule has 0 fully saturated rings. The van der Waals surface area contributed by atoms with E-state index in [4.69, 9.17) is 4.42 Å². The Bertz CT molecular complexity index is 681. The molecule has 2 rings (SSSR count). The van der Waals surface area contributed by atoms with Crippen molar-refractivity contribution in [2.75, 3.05) is 14.1 Å². The van der Waals surface area contributed by atoms with E-state index in [2.05, 4.69) is 30.8 Å². The van der Waals surface area contributed by atoms with Crippen molar-refractivity contribution in [3.63, 3.8) is 0 Å². The van der Waals surface area contributed by atoms with Crippen LogP contribution in [0.3, 0.4) is 0 Å². The highest BCUT2D eigenvalue weighted by Gasteiger charge is 2.18. The van der Waals surface area contributed by atoms with Crippen molar-refractivity contribution in [1.29, 1.82) is 0 Å². The van der Waals surface area contributed by atoms with Crippen LogP contribution in [0.1, 0.15) is 28.6 Å². The topological polar surface area (TPSA) is 75.8 Å². The second kappa shape index (κ2) is 8.31. The fourth-order valence-electron chi connectivity index (χ4n) is 2.36. The molecule has 0 saturated heterocycles. The third kappa shape index (κ3) is 4.96. The molecule has 0 unspecified atom stereocenters. The summed E-state index contributed by atoms with van der Waals surface area (Å²) >= 11 is 0. The van der Waals surface area contributed by atoms with Crippen molar-refractivity contribution in [2.24, 2.45) is 0 Å². The monoisotopic (exact) mass is 330 g/mol. The van der Waals surface area contributed by atoms with Gasteiger partial charge in [-0.3, -0.25) is 9.59 Å². The summed E-state index contributed by atoms with van der Waals surface area (Å²) in [5.74, 6) is -0.449. The zero-order valence-corrected chi connectivity index (χ0v) is 14.3. The first-order valence-corrected chi connectivity index (χ1v) is 7.95. The van der Waals surface area contributed by atoms with Crippen molar-refractivity contribution in [2.45, 2.75) is 26.1 Å². The number of furan rings is 1. The van der Waals surface area contributed by atoms with Crippen LogP contribution in [0.5, 0.6) is 0 Å². The number of carbonyl (C=O) groups is 2. The van der Waals surface area contributed by atoms with Crippen LogP contribution in [0, 0.1) is 0 Å². The quantitative estimate of drug-likeness (QED) is 0.686. The molecule has 1 aromatic heterocycles. The van der Waals surface area contributed by atoms with E-state index in [1.54, 1.807) is 19.1 Å². The highest BCUT2D eigenvalue weighted by molar-refractivity contribution is 5.95. The predicted molar refractivity (Wildman–Crippen MR) is 90.4 cm³/mol. The zero-order chi connectivity index (χ0) is 17.5. The molecule has 24 heavy (non-hydrogen) atoms. The van der Waals surface area contributed by atoms with E-state index >= 15 is 0 Å². The number of amides is 2. The molecule has 3 N–H and O–H groups in total. The van der Waals surface area contributed by atoms with Gasteiger partial charge in [-0.15, -0.1) is 0 Å². The van der Waals surface area contributed by atoms with Gasteiger partial charge in [0.05, 0.1) is 20.4 Å². The third-order valence-electron chi connectivity index (χ3n) is 3.60. The maximum Gasteiger partial charge on any atom is 0.287 e. The lowest BCUT2D eigenvalue weighted by atomic mass is 10.1. The smallest absolute Gasteiger partial charge is 0.287 e. The summed E-state index contributed by atoms with van der Waals surface area (Å²) in [6.07, 6.45) is 1.42. The minimum absolute atomic E-state index is 0.189. The molecular weight excluding hydrogens is 306 g/mol. The molecule has 0 spiro atoms. The second-order valence-electron chi connectivity index (χ2n) is 6.04. The van der Waals surface area contributed by atoms with Crippen molar-refractivity contribution in [3.05, 3.63) is 59.5 Å². The van der Waals surface area contributed by atoms with Gasteiger partial charge in [-0.25, -0.2) is 0 Å². The fourth-order valence-corrected chi connectivity index (χ4v) is 2.36. The molecule has 0 radical (unpaired) electrons. The van der Waals surface area contributed by atoms with Crippen LogP contribution in [0.15, 0.2) is 47.1 Å². The molecule has 0 aliphatic rings. The first-order chi connectivity index (χ1) is 11.5. The fraction of sp³-hybridized carbons (Fsp3) is 0.333. The van der Waals surface area contributed by atoms with Crippen LogP contribution in [-0.2, 0) is 17.9 Å². The van der Waals surface area contributed by atoms with Crippen molar-refractivity contribution >= 4 is 11.8 Å². The van der Waals surface area contributed by atoms with E-state index in [-0.39, 0.29) is 11.7 Å². The number of hydrogen-bond acceptors (Lipinski definition) is 3. The van der Waals surface area contributed by atoms with Crippen molar-refractivity contribution < 1.29 is 18.9 Å². The van der Waals surface area contributed by atoms with Crippen LogP contribution in [0.25, 0.3) is 0 Å². The van der Waals surface area contributed by atoms with Gasteiger partial charge in [-0.1, -0.05) is 24.3 Å². The summed E-state index contributed by atoms with van der Waals surface area (Å²) in [5, 5.41) is 5.49. The number of hydrogen-bond donors (Lipinski definition) is 3. The SMILES string of the molecule is C[C@@H](NC(=O)c1ccco1)C(=O)NCc1ccccc1C[NH+](C)C. The van der Waals surface area contributed by atoms with Crippen molar-refractivity contribution in [3.8, 4) is 0 Å². The van der Waals surface area contributed by atoms with E-state index in [1.807, 2.05) is 18.2 Å². The molecule has 1 aromatic carbocycles. The van der Waals surface area contributed by atoms with Crippen LogP contribution in [0.2, 0.25) is 0 Å². The molecule has 2 amide bonds. The van der Waals surface area contributed by atoms with E-state index < -0.39 is 11.9 Å². The normalized spacial score (nSPS) is 12.0. The Hall–Kier alpha value is -2.60. The Morgan fingerprint density at radius 2 is 1.83 bits per heavy atom. The van der Waals surface area contributed by atoms with Crippen LogP contribution >= 0.6 is 0 Å². The average Bonchev–Trinajstić information content (AvgIpc) is 3.07. The minimum atomic E-state index is -0.644. The molecular formula is C18H24N3O3+. The summed E-state index contributed by atoms with van der Waals surface area (Å²) in [7, 11) is 4.17. The lowest BCUT2D eigenvalue weighted by molar-refractivity contribution is -0.872. The minimum Gasteiger partial charge on any atom is -0.459 e. The Balaban J connectivity index is 1.90. The van der Waals surface area contributed by atoms with E-state index in [0.717, 1.165) is 12.1 Å². The van der Waals surface area contributed by atoms with Gasteiger partial charge in [0, 0.05) is 12.1 Å². The molecule has 0 aliphatic heterocycles. The Labute approximate surface area is 141 Å². The molecule has 0 aliphatic carbocycles. The number of benzene rings is 1. The zero-order valence-electron chi connectivity index (χ0n) is 14.3. The van der Waals surface area contributed by atoms with Gasteiger partial charge >= 0.3 is 0 Å². The molecule has 0 bridgehead atoms. The Kier molecular flexibility index (Phi) is 6.14. The average molecular weight is 330 g/mol. The number of quaternary nitrogens is 1. The largest absolute Gasteiger partial charge is 0.459 e. The first-order valence-electron chi connectivity index (χ1n) is 7.95. The lowest BCUT2D eigenvalue weighted by Gasteiger charge is -2.15. The number of carbonyl (C=O) groups excluding carboxylic acids is 2. The van der Waals surface area contributed by atoms with Crippen LogP contribution in [0.4, 0.5) is 0 Å². The van der Waals surface area contributed by atoms with Crippen LogP contribution in [-0.4, -0.2) is 32.0 Å². The number of rotatable bonds is 7. The summed E-state index contributed by atoms with van der Waals surface area (Å²) < 4.78 is 5.01. The molecule has 6 heteroatoms. The maximum absolute atomic E-state index is 12.2. The molecule has 0 saturated carbocycles. The van der Waals surface area contributed by atoms with Crippen LogP contribution < -0.4 is 15.5 Å². The third-order valence-corrected chi connectivity index (χ3v) is 3.60. The van der Waals surface area contributed by atoms with E-state index in [9.17, 15) is 9.59 Å². The summed E-state index contributed by atoms with van der Waals surface area (Å²) in [6.45, 7) is 2.96. The Morgan fingerprint density at radius 3 is 2.46 bits per heavy atom. The summed E-state index contributed by atoms with van der Waals surface area (Å²) in [6, 6.07) is 10.6. The highest BCUT2D eigenvalue weighted by atomic mass is 16.3. The summed E-state index contributed by atoms with van der Waals surface area (Å²) in [5.41, 5.74) is 2.28. The molecule has 6 nitrogen and oxygen atoms in total. The molecule has 2 aromatic rings. The standard InChI is InChI=1S/C18H23N3O3/c1-13(20-18(23)16-9-6-10-24-16)17(22)19-11-14-7-4-5-8-15(14)12-21(2)3/h4-10,13H,11-12H2,1-3H3,(H,19,22)(H,20,23)/p+1/t13-/m1/s1. The Morgan fingerprint density at radius 1 is 1.12 bits per heavy atom. The van der Waals surface area contributed by atoms with Gasteiger partial charge in [0.25, 0.3) is 5.91 Å². The summed E-state index contributed by atoms with van der Waals surface area (Å²) in [4.78, 5) is 25.4. The van der Waals surface area contributed by atoms with Gasteiger partial charge in [0.15, 0.2) is 5.76 Å². The van der Waals surface area contributed by atoms with Gasteiger partial charge in [-0.2, -0.15) is 0 Å². The highest BCUT2D eigenvalue weighted by Crippen LogP contribution is 2.07. The van der Waals surface area contributed by atoms with E-state index in [1.165, 1.54) is 16.7 Å². The molecule has 1 heterocycles. The number of nitrogens with one attached hydrogen (secondary N) is 3. The molecule has 1 atom stereocenters. The van der Waals surface area contributed by atoms with Crippen molar-refractivity contribution in [1.82, 2.24) is 10.6 Å². The van der Waals surface area contributed by atoms with Gasteiger partial charge in [0.1, 0.15) is 12.6 Å². The first kappa shape index (κ1) is 17.7.